The fourth-order valence-corrected chi connectivity index (χ4v) is 8.56. The smallest absolute Gasteiger partial charge is 0.258 e. The minimum Gasteiger partial charge on any atom is -0.543 e. The largest absolute Gasteiger partial charge is 0.543 e. The van der Waals surface area contributed by atoms with Crippen molar-refractivity contribution in [3.63, 3.8) is 0 Å². The van der Waals surface area contributed by atoms with Gasteiger partial charge in [-0.3, -0.25) is 0 Å². The zero-order valence-electron chi connectivity index (χ0n) is 13.7. The van der Waals surface area contributed by atoms with E-state index < -0.39 is 8.32 Å². The first-order chi connectivity index (χ1) is 9.34. The molecule has 1 aromatic rings. The van der Waals surface area contributed by atoms with Crippen molar-refractivity contribution in [2.45, 2.75) is 58.2 Å². The van der Waals surface area contributed by atoms with Gasteiger partial charge in [0.15, 0.2) is 0 Å². The van der Waals surface area contributed by atoms with Crippen LogP contribution in [0.15, 0.2) is 36.6 Å². The van der Waals surface area contributed by atoms with E-state index in [0.717, 1.165) is 11.3 Å². The van der Waals surface area contributed by atoms with Crippen molar-refractivity contribution in [1.29, 1.82) is 0 Å². The van der Waals surface area contributed by atoms with Crippen LogP contribution in [0.1, 0.15) is 47.1 Å². The molecule has 0 atom stereocenters. The average Bonchev–Trinajstić information content (AvgIpc) is 2.36. The number of rotatable bonds is 6. The monoisotopic (exact) mass is 288 g/mol. The molecule has 0 radical (unpaired) electrons. The van der Waals surface area contributed by atoms with Crippen LogP contribution >= 0.6 is 0 Å². The highest BCUT2D eigenvalue weighted by atomic mass is 28.4. The Morgan fingerprint density at radius 1 is 0.950 bits per heavy atom. The van der Waals surface area contributed by atoms with Gasteiger partial charge in [0.05, 0.1) is 0 Å². The predicted octanol–water partition coefficient (Wildman–Crippen LogP) is 6.04. The highest BCUT2D eigenvalue weighted by Gasteiger charge is 2.46. The Kier molecular flexibility index (Phi) is 5.85. The van der Waals surface area contributed by atoms with Crippen LogP contribution in [0, 0.1) is 0 Å². The molecule has 0 N–H and O–H groups in total. The summed E-state index contributed by atoms with van der Waals surface area (Å²) in [6.45, 7) is 17.4. The number of benzene rings is 1. The van der Waals surface area contributed by atoms with Gasteiger partial charge in [-0.25, -0.2) is 0 Å². The third-order valence-electron chi connectivity index (χ3n) is 4.15. The standard InChI is InChI=1S/C18H28OSi/c1-8-9-17-10-12-18(13-11-17)19-20(14(2)3,15(4)5)16(6)7/h9-16H,1H2,2-7H3. The van der Waals surface area contributed by atoms with Crippen molar-refractivity contribution >= 4 is 14.4 Å². The van der Waals surface area contributed by atoms with Crippen molar-refractivity contribution in [1.82, 2.24) is 0 Å². The van der Waals surface area contributed by atoms with Crippen LogP contribution in [0.25, 0.3) is 6.08 Å². The van der Waals surface area contributed by atoms with E-state index >= 15 is 0 Å². The van der Waals surface area contributed by atoms with Crippen LogP contribution in [-0.2, 0) is 0 Å². The summed E-state index contributed by atoms with van der Waals surface area (Å²) in [7, 11) is -1.84. The minimum absolute atomic E-state index is 0.593. The molecule has 0 fully saturated rings. The van der Waals surface area contributed by atoms with Gasteiger partial charge in [-0.2, -0.15) is 0 Å². The molecule has 1 aromatic carbocycles. The molecule has 0 aliphatic heterocycles. The van der Waals surface area contributed by atoms with Crippen LogP contribution in [0.4, 0.5) is 0 Å². The van der Waals surface area contributed by atoms with E-state index in [1.165, 1.54) is 0 Å². The summed E-state index contributed by atoms with van der Waals surface area (Å²) in [6.07, 6.45) is 1.88. The topological polar surface area (TPSA) is 9.23 Å². The summed E-state index contributed by atoms with van der Waals surface area (Å²) in [6, 6.07) is 8.26. The van der Waals surface area contributed by atoms with E-state index in [-0.39, 0.29) is 0 Å². The van der Waals surface area contributed by atoms with E-state index in [0.29, 0.717) is 16.6 Å². The van der Waals surface area contributed by atoms with Crippen LogP contribution in [0.3, 0.4) is 0 Å². The minimum atomic E-state index is -1.84. The number of hydrogen-bond acceptors (Lipinski definition) is 1. The summed E-state index contributed by atoms with van der Waals surface area (Å²) >= 11 is 0. The Hall–Kier alpha value is -1.24. The summed E-state index contributed by atoms with van der Waals surface area (Å²) in [5, 5.41) is 0. The van der Waals surface area contributed by atoms with Crippen molar-refractivity contribution in [2.75, 3.05) is 0 Å². The van der Waals surface area contributed by atoms with Gasteiger partial charge in [-0.1, -0.05) is 60.3 Å². The summed E-state index contributed by atoms with van der Waals surface area (Å²) in [5.74, 6) is 0.994. The van der Waals surface area contributed by atoms with Gasteiger partial charge in [0, 0.05) is 0 Å². The van der Waals surface area contributed by atoms with Gasteiger partial charge in [0.25, 0.3) is 8.32 Å². The Labute approximate surface area is 125 Å². The molecule has 0 saturated carbocycles. The third kappa shape index (κ3) is 3.44. The van der Waals surface area contributed by atoms with Crippen molar-refractivity contribution in [3.05, 3.63) is 42.1 Å². The van der Waals surface area contributed by atoms with E-state index in [1.807, 2.05) is 6.08 Å². The van der Waals surface area contributed by atoms with Gasteiger partial charge in [-0.15, -0.1) is 5.73 Å². The highest BCUT2D eigenvalue weighted by Crippen LogP contribution is 2.42. The fourth-order valence-electron chi connectivity index (χ4n) is 3.31. The molecule has 0 spiro atoms. The maximum atomic E-state index is 6.61. The van der Waals surface area contributed by atoms with Crippen molar-refractivity contribution < 1.29 is 4.43 Å². The molecule has 2 heteroatoms. The molecule has 0 bridgehead atoms. The average molecular weight is 289 g/mol. The lowest BCUT2D eigenvalue weighted by Crippen LogP contribution is -2.50. The molecular formula is C18H28OSi. The lowest BCUT2D eigenvalue weighted by Gasteiger charge is -2.42. The lowest BCUT2D eigenvalue weighted by molar-refractivity contribution is 0.480. The Morgan fingerprint density at radius 2 is 1.40 bits per heavy atom. The second kappa shape index (κ2) is 6.96. The van der Waals surface area contributed by atoms with Gasteiger partial charge in [-0.05, 0) is 40.4 Å². The normalized spacial score (nSPS) is 11.8. The van der Waals surface area contributed by atoms with Crippen LogP contribution in [0.5, 0.6) is 5.75 Å². The van der Waals surface area contributed by atoms with Gasteiger partial charge in [0.1, 0.15) is 5.75 Å². The zero-order chi connectivity index (χ0) is 15.3. The molecule has 0 amide bonds. The molecule has 0 saturated heterocycles. The first-order valence-electron chi connectivity index (χ1n) is 7.49. The van der Waals surface area contributed by atoms with Gasteiger partial charge >= 0.3 is 0 Å². The third-order valence-corrected chi connectivity index (χ3v) is 10.2. The van der Waals surface area contributed by atoms with Crippen molar-refractivity contribution in [3.8, 4) is 5.75 Å². The highest BCUT2D eigenvalue weighted by molar-refractivity contribution is 6.78. The summed E-state index contributed by atoms with van der Waals surface area (Å²) in [5.41, 5.74) is 5.69. The van der Waals surface area contributed by atoms with E-state index in [9.17, 15) is 0 Å². The molecular weight excluding hydrogens is 260 g/mol. The van der Waals surface area contributed by atoms with E-state index in [1.54, 1.807) is 0 Å². The van der Waals surface area contributed by atoms with Gasteiger partial charge in [0.2, 0.25) is 0 Å². The SMILES string of the molecule is C=C=Cc1ccc(O[Si](C(C)C)(C(C)C)C(C)C)cc1. The molecule has 20 heavy (non-hydrogen) atoms. The molecule has 0 aromatic heterocycles. The zero-order valence-corrected chi connectivity index (χ0v) is 14.7. The van der Waals surface area contributed by atoms with Crippen LogP contribution in [-0.4, -0.2) is 8.32 Å². The lowest BCUT2D eigenvalue weighted by atomic mass is 10.2. The van der Waals surface area contributed by atoms with Gasteiger partial charge < -0.3 is 4.43 Å². The molecule has 110 valence electrons. The molecule has 0 aliphatic rings. The second-order valence-corrected chi connectivity index (χ2v) is 11.7. The van der Waals surface area contributed by atoms with Crippen molar-refractivity contribution in [2.24, 2.45) is 0 Å². The summed E-state index contributed by atoms with van der Waals surface area (Å²) in [4.78, 5) is 0. The second-order valence-electron chi connectivity index (χ2n) is 6.34. The molecule has 0 unspecified atom stereocenters. The quantitative estimate of drug-likeness (QED) is 0.458. The molecule has 1 nitrogen and oxygen atoms in total. The maximum absolute atomic E-state index is 6.61. The van der Waals surface area contributed by atoms with Crippen LogP contribution in [0.2, 0.25) is 16.6 Å². The Bertz CT molecular complexity index is 443. The van der Waals surface area contributed by atoms with E-state index in [4.69, 9.17) is 4.43 Å². The molecule has 1 rings (SSSR count). The Balaban J connectivity index is 3.09. The maximum Gasteiger partial charge on any atom is 0.258 e. The Morgan fingerprint density at radius 3 is 1.75 bits per heavy atom. The molecule has 0 heterocycles. The number of hydrogen-bond donors (Lipinski definition) is 0. The first-order valence-corrected chi connectivity index (χ1v) is 9.63. The predicted molar refractivity (Wildman–Crippen MR) is 91.7 cm³/mol. The first kappa shape index (κ1) is 16.8. The fraction of sp³-hybridized carbons (Fsp3) is 0.500. The van der Waals surface area contributed by atoms with Crippen LogP contribution < -0.4 is 4.43 Å². The van der Waals surface area contributed by atoms with E-state index in [2.05, 4.69) is 78.1 Å². The summed E-state index contributed by atoms with van der Waals surface area (Å²) < 4.78 is 6.61. The molecule has 0 aliphatic carbocycles.